The Balaban J connectivity index is 1.79. The summed E-state index contributed by atoms with van der Waals surface area (Å²) in [6, 6.07) is 22.6. The first-order valence-corrected chi connectivity index (χ1v) is 9.95. The van der Waals surface area contributed by atoms with Crippen molar-refractivity contribution in [2.75, 3.05) is 14.2 Å². The van der Waals surface area contributed by atoms with Gasteiger partial charge in [-0.25, -0.2) is 0 Å². The highest BCUT2D eigenvalue weighted by Gasteiger charge is 2.23. The molecule has 31 heavy (non-hydrogen) atoms. The molecule has 0 amide bonds. The Bertz CT molecular complexity index is 1060. The van der Waals surface area contributed by atoms with Crippen LogP contribution in [-0.2, 0) is 11.2 Å². The van der Waals surface area contributed by atoms with Crippen LogP contribution < -0.4 is 14.2 Å². The van der Waals surface area contributed by atoms with Crippen molar-refractivity contribution >= 4 is 5.97 Å². The van der Waals surface area contributed by atoms with Gasteiger partial charge in [-0.3, -0.25) is 4.79 Å². The molecule has 0 aromatic heterocycles. The van der Waals surface area contributed by atoms with Crippen molar-refractivity contribution in [1.82, 2.24) is 0 Å². The Labute approximate surface area is 182 Å². The van der Waals surface area contributed by atoms with E-state index in [0.29, 0.717) is 23.5 Å². The number of hydrogen-bond acceptors (Lipinski definition) is 4. The summed E-state index contributed by atoms with van der Waals surface area (Å²) in [5.74, 6) is 0.887. The predicted molar refractivity (Wildman–Crippen MR) is 120 cm³/mol. The largest absolute Gasteiger partial charge is 0.493 e. The molecule has 1 unspecified atom stereocenters. The number of benzene rings is 3. The molecule has 1 N–H and O–H groups in total. The number of ether oxygens (including phenoxy) is 3. The molecule has 0 aliphatic heterocycles. The summed E-state index contributed by atoms with van der Waals surface area (Å²) in [7, 11) is 3.08. The maximum atomic E-state index is 12.0. The van der Waals surface area contributed by atoms with Gasteiger partial charge in [-0.2, -0.15) is 0 Å². The van der Waals surface area contributed by atoms with Gasteiger partial charge in [0, 0.05) is 0 Å². The highest BCUT2D eigenvalue weighted by Crippen LogP contribution is 2.33. The maximum absolute atomic E-state index is 12.0. The van der Waals surface area contributed by atoms with Crippen LogP contribution in [0.1, 0.15) is 24.0 Å². The SMILES string of the molecule is COc1ccc(C(C(=O)O)C(C)=CCc2cccc(Oc3ccccc3)c2)cc1OC. The van der Waals surface area contributed by atoms with Crippen molar-refractivity contribution in [2.24, 2.45) is 0 Å². The van der Waals surface area contributed by atoms with Crippen molar-refractivity contribution in [3.05, 3.63) is 95.6 Å². The van der Waals surface area contributed by atoms with E-state index in [1.54, 1.807) is 25.3 Å². The second-order valence-electron chi connectivity index (χ2n) is 7.10. The highest BCUT2D eigenvalue weighted by molar-refractivity contribution is 5.80. The fourth-order valence-electron chi connectivity index (χ4n) is 3.39. The van der Waals surface area contributed by atoms with E-state index < -0.39 is 11.9 Å². The molecule has 0 bridgehead atoms. The van der Waals surface area contributed by atoms with E-state index in [4.69, 9.17) is 14.2 Å². The van der Waals surface area contributed by atoms with Crippen LogP contribution in [0.5, 0.6) is 23.0 Å². The summed E-state index contributed by atoms with van der Waals surface area (Å²) in [5, 5.41) is 9.86. The van der Waals surface area contributed by atoms with Crippen LogP contribution in [0.3, 0.4) is 0 Å². The van der Waals surface area contributed by atoms with Crippen molar-refractivity contribution in [2.45, 2.75) is 19.3 Å². The lowest BCUT2D eigenvalue weighted by Crippen LogP contribution is -2.13. The van der Waals surface area contributed by atoms with E-state index in [-0.39, 0.29) is 0 Å². The molecular formula is C26H26O5. The van der Waals surface area contributed by atoms with Gasteiger partial charge in [0.2, 0.25) is 0 Å². The van der Waals surface area contributed by atoms with E-state index in [9.17, 15) is 9.90 Å². The molecule has 0 spiro atoms. The number of carboxylic acid groups (broad SMARTS) is 1. The van der Waals surface area contributed by atoms with Crippen LogP contribution in [0.4, 0.5) is 0 Å². The minimum Gasteiger partial charge on any atom is -0.493 e. The van der Waals surface area contributed by atoms with Crippen molar-refractivity contribution in [3.63, 3.8) is 0 Å². The van der Waals surface area contributed by atoms with Gasteiger partial charge in [0.05, 0.1) is 14.2 Å². The molecule has 3 aromatic carbocycles. The number of allylic oxidation sites excluding steroid dienone is 1. The van der Waals surface area contributed by atoms with E-state index in [0.717, 1.165) is 22.6 Å². The zero-order valence-electron chi connectivity index (χ0n) is 17.9. The lowest BCUT2D eigenvalue weighted by Gasteiger charge is -2.16. The standard InChI is InChI=1S/C26H26O5/c1-18(25(26(27)28)20-14-15-23(29-2)24(17-20)30-3)12-13-19-8-7-11-22(16-19)31-21-9-5-4-6-10-21/h4-12,14-17,25H,13H2,1-3H3,(H,27,28). The monoisotopic (exact) mass is 418 g/mol. The van der Waals surface area contributed by atoms with Gasteiger partial charge in [-0.1, -0.05) is 48.0 Å². The van der Waals surface area contributed by atoms with E-state index in [1.165, 1.54) is 7.11 Å². The number of carbonyl (C=O) groups is 1. The van der Waals surface area contributed by atoms with Crippen LogP contribution in [0, 0.1) is 0 Å². The van der Waals surface area contributed by atoms with Gasteiger partial charge in [0.25, 0.3) is 0 Å². The van der Waals surface area contributed by atoms with Crippen LogP contribution in [0.2, 0.25) is 0 Å². The van der Waals surface area contributed by atoms with Crippen LogP contribution in [-0.4, -0.2) is 25.3 Å². The molecule has 160 valence electrons. The molecule has 0 saturated carbocycles. The van der Waals surface area contributed by atoms with Gasteiger partial charge >= 0.3 is 5.97 Å². The molecule has 0 fully saturated rings. The summed E-state index contributed by atoms with van der Waals surface area (Å²) >= 11 is 0. The van der Waals surface area contributed by atoms with Gasteiger partial charge in [-0.15, -0.1) is 0 Å². The van der Waals surface area contributed by atoms with E-state index in [1.807, 2.05) is 67.6 Å². The Hall–Kier alpha value is -3.73. The first-order valence-electron chi connectivity index (χ1n) is 9.95. The fraction of sp³-hybridized carbons (Fsp3) is 0.192. The second-order valence-corrected chi connectivity index (χ2v) is 7.10. The third kappa shape index (κ3) is 5.66. The molecular weight excluding hydrogens is 392 g/mol. The third-order valence-corrected chi connectivity index (χ3v) is 4.98. The number of para-hydroxylation sites is 1. The molecule has 0 saturated heterocycles. The molecule has 5 nitrogen and oxygen atoms in total. The molecule has 0 aliphatic carbocycles. The average Bonchev–Trinajstić information content (AvgIpc) is 2.78. The lowest BCUT2D eigenvalue weighted by atomic mass is 9.90. The van der Waals surface area contributed by atoms with Crippen LogP contribution in [0.25, 0.3) is 0 Å². The molecule has 3 rings (SSSR count). The minimum atomic E-state index is -0.915. The van der Waals surface area contributed by atoms with E-state index >= 15 is 0 Å². The van der Waals surface area contributed by atoms with Crippen molar-refractivity contribution in [1.29, 1.82) is 0 Å². The summed E-state index contributed by atoms with van der Waals surface area (Å²) in [6.45, 7) is 1.83. The first-order chi connectivity index (χ1) is 15.0. The van der Waals surface area contributed by atoms with Gasteiger partial charge in [0.15, 0.2) is 11.5 Å². The van der Waals surface area contributed by atoms with Gasteiger partial charge in [0.1, 0.15) is 17.4 Å². The quantitative estimate of drug-likeness (QED) is 0.441. The Morgan fingerprint density at radius 2 is 1.61 bits per heavy atom. The minimum absolute atomic E-state index is 0.504. The Kier molecular flexibility index (Phi) is 7.33. The smallest absolute Gasteiger partial charge is 0.315 e. The van der Waals surface area contributed by atoms with Crippen LogP contribution >= 0.6 is 0 Å². The number of carboxylic acids is 1. The molecule has 0 heterocycles. The zero-order valence-corrected chi connectivity index (χ0v) is 17.9. The second kappa shape index (κ2) is 10.3. The zero-order chi connectivity index (χ0) is 22.2. The lowest BCUT2D eigenvalue weighted by molar-refractivity contribution is -0.137. The summed E-state index contributed by atoms with van der Waals surface area (Å²) in [5.41, 5.74) is 2.42. The summed E-state index contributed by atoms with van der Waals surface area (Å²) in [4.78, 5) is 12.0. The predicted octanol–water partition coefficient (Wildman–Crippen LogP) is 5.85. The van der Waals surface area contributed by atoms with Gasteiger partial charge < -0.3 is 19.3 Å². The maximum Gasteiger partial charge on any atom is 0.315 e. The topological polar surface area (TPSA) is 65.0 Å². The average molecular weight is 418 g/mol. The molecule has 1 atom stereocenters. The number of hydrogen-bond donors (Lipinski definition) is 1. The van der Waals surface area contributed by atoms with Crippen LogP contribution in [0.15, 0.2) is 84.4 Å². The molecule has 0 aliphatic rings. The number of aliphatic carboxylic acids is 1. The Morgan fingerprint density at radius 3 is 2.29 bits per heavy atom. The summed E-state index contributed by atoms with van der Waals surface area (Å²) in [6.07, 6.45) is 2.53. The molecule has 0 radical (unpaired) electrons. The summed E-state index contributed by atoms with van der Waals surface area (Å²) < 4.78 is 16.5. The fourth-order valence-corrected chi connectivity index (χ4v) is 3.39. The number of methoxy groups -OCH3 is 2. The van der Waals surface area contributed by atoms with E-state index in [2.05, 4.69) is 0 Å². The van der Waals surface area contributed by atoms with Crippen molar-refractivity contribution in [3.8, 4) is 23.0 Å². The molecule has 5 heteroatoms. The molecule has 3 aromatic rings. The first kappa shape index (κ1) is 22.0. The normalized spacial score (nSPS) is 12.2. The van der Waals surface area contributed by atoms with Gasteiger partial charge in [-0.05, 0) is 60.9 Å². The highest BCUT2D eigenvalue weighted by atomic mass is 16.5. The third-order valence-electron chi connectivity index (χ3n) is 4.98. The Morgan fingerprint density at radius 1 is 0.903 bits per heavy atom. The number of rotatable bonds is 9. The van der Waals surface area contributed by atoms with Crippen molar-refractivity contribution < 1.29 is 24.1 Å².